The van der Waals surface area contributed by atoms with Gasteiger partial charge in [0.15, 0.2) is 0 Å². The van der Waals surface area contributed by atoms with Crippen LogP contribution in [0.15, 0.2) is 12.7 Å². The lowest BCUT2D eigenvalue weighted by atomic mass is 10.4. The maximum atomic E-state index is 4.93. The van der Waals surface area contributed by atoms with Crippen LogP contribution in [-0.4, -0.2) is 54.7 Å². The third kappa shape index (κ3) is 6.49. The third-order valence-corrected chi connectivity index (χ3v) is 2.17. The topological polar surface area (TPSA) is 64.0 Å². The summed E-state index contributed by atoms with van der Waals surface area (Å²) >= 11 is 0. The fourth-order valence-corrected chi connectivity index (χ4v) is 1.30. The van der Waals surface area contributed by atoms with E-state index in [4.69, 9.17) is 4.74 Å². The van der Waals surface area contributed by atoms with E-state index in [0.717, 1.165) is 45.8 Å². The molecular weight excluding hydrogens is 206 g/mol. The second-order valence-electron chi connectivity index (χ2n) is 3.50. The van der Waals surface area contributed by atoms with Gasteiger partial charge in [0.2, 0.25) is 0 Å². The van der Waals surface area contributed by atoms with E-state index < -0.39 is 0 Å². The van der Waals surface area contributed by atoms with Crippen LogP contribution < -0.4 is 10.6 Å². The third-order valence-electron chi connectivity index (χ3n) is 2.17. The zero-order valence-electron chi connectivity index (χ0n) is 9.85. The molecule has 1 heterocycles. The van der Waals surface area contributed by atoms with Crippen molar-refractivity contribution in [3.05, 3.63) is 12.7 Å². The fourth-order valence-electron chi connectivity index (χ4n) is 1.30. The summed E-state index contributed by atoms with van der Waals surface area (Å²) in [5, 5.41) is 10.7. The average Bonchev–Trinajstić information content (AvgIpc) is 2.80. The molecule has 6 heteroatoms. The van der Waals surface area contributed by atoms with E-state index in [9.17, 15) is 0 Å². The Bertz CT molecular complexity index is 239. The molecule has 0 amide bonds. The molecule has 0 atom stereocenters. The molecule has 0 saturated heterocycles. The monoisotopic (exact) mass is 227 g/mol. The van der Waals surface area contributed by atoms with Crippen molar-refractivity contribution in [3.63, 3.8) is 0 Å². The first-order valence-electron chi connectivity index (χ1n) is 5.66. The molecule has 16 heavy (non-hydrogen) atoms. The van der Waals surface area contributed by atoms with Crippen LogP contribution in [0.1, 0.15) is 6.42 Å². The minimum atomic E-state index is 0.778. The van der Waals surface area contributed by atoms with E-state index >= 15 is 0 Å². The van der Waals surface area contributed by atoms with Crippen LogP contribution in [0, 0.1) is 0 Å². The Hall–Kier alpha value is -0.980. The second-order valence-corrected chi connectivity index (χ2v) is 3.50. The zero-order valence-corrected chi connectivity index (χ0v) is 9.85. The highest BCUT2D eigenvalue weighted by molar-refractivity contribution is 4.57. The Balaban J connectivity index is 1.78. The van der Waals surface area contributed by atoms with Crippen LogP contribution in [-0.2, 0) is 11.3 Å². The SMILES string of the molecule is COCCNCCCNCCn1cncn1. The molecule has 1 aromatic rings. The normalized spacial score (nSPS) is 10.8. The van der Waals surface area contributed by atoms with Gasteiger partial charge in [-0.3, -0.25) is 4.68 Å². The Morgan fingerprint density at radius 2 is 2.00 bits per heavy atom. The first-order chi connectivity index (χ1) is 7.93. The Labute approximate surface area is 96.4 Å². The summed E-state index contributed by atoms with van der Waals surface area (Å²) in [6.07, 6.45) is 4.41. The molecule has 0 aliphatic heterocycles. The van der Waals surface area contributed by atoms with E-state index in [1.807, 2.05) is 4.68 Å². The molecule has 0 bridgehead atoms. The first-order valence-corrected chi connectivity index (χ1v) is 5.66. The molecule has 0 aliphatic rings. The van der Waals surface area contributed by atoms with Gasteiger partial charge in [0.05, 0.1) is 13.2 Å². The summed E-state index contributed by atoms with van der Waals surface area (Å²) < 4.78 is 6.76. The van der Waals surface area contributed by atoms with E-state index in [-0.39, 0.29) is 0 Å². The van der Waals surface area contributed by atoms with Gasteiger partial charge >= 0.3 is 0 Å². The van der Waals surface area contributed by atoms with Gasteiger partial charge in [-0.2, -0.15) is 5.10 Å². The van der Waals surface area contributed by atoms with Crippen molar-refractivity contribution in [1.29, 1.82) is 0 Å². The highest BCUT2D eigenvalue weighted by Gasteiger charge is 1.91. The molecule has 2 N–H and O–H groups in total. The molecule has 0 saturated carbocycles. The number of hydrogen-bond acceptors (Lipinski definition) is 5. The number of ether oxygens (including phenoxy) is 1. The minimum Gasteiger partial charge on any atom is -0.383 e. The Morgan fingerprint density at radius 1 is 1.19 bits per heavy atom. The zero-order chi connectivity index (χ0) is 11.5. The number of hydrogen-bond donors (Lipinski definition) is 2. The number of nitrogens with one attached hydrogen (secondary N) is 2. The quantitative estimate of drug-likeness (QED) is 0.527. The summed E-state index contributed by atoms with van der Waals surface area (Å²) in [5.74, 6) is 0. The van der Waals surface area contributed by atoms with Gasteiger partial charge in [-0.15, -0.1) is 0 Å². The number of aromatic nitrogens is 3. The van der Waals surface area contributed by atoms with Crippen molar-refractivity contribution < 1.29 is 4.74 Å². The molecule has 0 fully saturated rings. The van der Waals surface area contributed by atoms with Crippen LogP contribution in [0.3, 0.4) is 0 Å². The number of nitrogens with zero attached hydrogens (tertiary/aromatic N) is 3. The van der Waals surface area contributed by atoms with Crippen molar-refractivity contribution in [3.8, 4) is 0 Å². The summed E-state index contributed by atoms with van der Waals surface area (Å²) in [6.45, 7) is 5.56. The molecule has 92 valence electrons. The van der Waals surface area contributed by atoms with Gasteiger partial charge in [0, 0.05) is 20.2 Å². The van der Waals surface area contributed by atoms with Gasteiger partial charge < -0.3 is 15.4 Å². The Morgan fingerprint density at radius 3 is 2.69 bits per heavy atom. The Kier molecular flexibility index (Phi) is 7.57. The van der Waals surface area contributed by atoms with E-state index in [0.29, 0.717) is 0 Å². The molecule has 0 spiro atoms. The molecule has 0 aliphatic carbocycles. The van der Waals surface area contributed by atoms with Gasteiger partial charge in [-0.1, -0.05) is 0 Å². The van der Waals surface area contributed by atoms with Crippen molar-refractivity contribution in [2.75, 3.05) is 39.9 Å². The van der Waals surface area contributed by atoms with Gasteiger partial charge in [0.1, 0.15) is 12.7 Å². The van der Waals surface area contributed by atoms with Gasteiger partial charge in [-0.25, -0.2) is 4.98 Å². The largest absolute Gasteiger partial charge is 0.383 e. The summed E-state index contributed by atoms with van der Waals surface area (Å²) in [4.78, 5) is 3.88. The molecular formula is C10H21N5O. The van der Waals surface area contributed by atoms with Crippen LogP contribution in [0.2, 0.25) is 0 Å². The van der Waals surface area contributed by atoms with Crippen molar-refractivity contribution in [2.24, 2.45) is 0 Å². The van der Waals surface area contributed by atoms with Crippen LogP contribution in [0.5, 0.6) is 0 Å². The van der Waals surface area contributed by atoms with Crippen LogP contribution >= 0.6 is 0 Å². The minimum absolute atomic E-state index is 0.778. The molecule has 0 aromatic carbocycles. The fraction of sp³-hybridized carbons (Fsp3) is 0.800. The number of methoxy groups -OCH3 is 1. The molecule has 6 nitrogen and oxygen atoms in total. The first kappa shape index (κ1) is 13.1. The summed E-state index contributed by atoms with van der Waals surface area (Å²) in [6, 6.07) is 0. The predicted octanol–water partition coefficient (Wildman–Crippen LogP) is -0.506. The lowest BCUT2D eigenvalue weighted by Gasteiger charge is -2.05. The van der Waals surface area contributed by atoms with E-state index in [1.165, 1.54) is 0 Å². The second kappa shape index (κ2) is 9.26. The highest BCUT2D eigenvalue weighted by Crippen LogP contribution is 1.79. The average molecular weight is 227 g/mol. The van der Waals surface area contributed by atoms with Crippen molar-refractivity contribution >= 4 is 0 Å². The van der Waals surface area contributed by atoms with Crippen LogP contribution in [0.4, 0.5) is 0 Å². The predicted molar refractivity (Wildman–Crippen MR) is 62.3 cm³/mol. The molecule has 0 unspecified atom stereocenters. The van der Waals surface area contributed by atoms with Crippen molar-refractivity contribution in [2.45, 2.75) is 13.0 Å². The maximum Gasteiger partial charge on any atom is 0.137 e. The van der Waals surface area contributed by atoms with E-state index in [1.54, 1.807) is 19.8 Å². The summed E-state index contributed by atoms with van der Waals surface area (Å²) in [5.41, 5.74) is 0. The molecule has 1 rings (SSSR count). The van der Waals surface area contributed by atoms with Gasteiger partial charge in [-0.05, 0) is 19.5 Å². The van der Waals surface area contributed by atoms with Crippen LogP contribution in [0.25, 0.3) is 0 Å². The maximum absolute atomic E-state index is 4.93. The highest BCUT2D eigenvalue weighted by atomic mass is 16.5. The lowest BCUT2D eigenvalue weighted by Crippen LogP contribution is -2.26. The molecule has 0 radical (unpaired) electrons. The number of rotatable bonds is 10. The van der Waals surface area contributed by atoms with Crippen molar-refractivity contribution in [1.82, 2.24) is 25.4 Å². The lowest BCUT2D eigenvalue weighted by molar-refractivity contribution is 0.199. The van der Waals surface area contributed by atoms with Gasteiger partial charge in [0.25, 0.3) is 0 Å². The standard InChI is InChI=1S/C10H21N5O/c1-16-8-6-12-4-2-3-11-5-7-15-10-13-9-14-15/h9-12H,2-8H2,1H3. The summed E-state index contributed by atoms with van der Waals surface area (Å²) in [7, 11) is 1.72. The van der Waals surface area contributed by atoms with E-state index in [2.05, 4.69) is 20.7 Å². The molecule has 1 aromatic heterocycles. The smallest absolute Gasteiger partial charge is 0.137 e.